The molecule has 0 amide bonds. The molecule has 0 atom stereocenters. The average molecular weight is 338 g/mol. The molecule has 25 heavy (non-hydrogen) atoms. The van der Waals surface area contributed by atoms with Crippen LogP contribution in [0, 0.1) is 0 Å². The third-order valence-corrected chi connectivity index (χ3v) is 3.51. The standard InChI is InChI=1S/C19H18N2O4/c1-23-15-7-9-16(10-8-15)24-11-12-25-19(22)18-13-17(20-21-18)14-5-3-2-4-6-14/h2-10,13H,11-12H2,1H3,(H,20,21). The Morgan fingerprint density at radius 2 is 1.72 bits per heavy atom. The zero-order valence-corrected chi connectivity index (χ0v) is 13.8. The predicted molar refractivity (Wildman–Crippen MR) is 92.8 cm³/mol. The molecule has 0 aliphatic heterocycles. The fraction of sp³-hybridized carbons (Fsp3) is 0.158. The van der Waals surface area contributed by atoms with Gasteiger partial charge >= 0.3 is 5.97 Å². The summed E-state index contributed by atoms with van der Waals surface area (Å²) in [7, 11) is 1.61. The topological polar surface area (TPSA) is 73.4 Å². The zero-order chi connectivity index (χ0) is 17.5. The Morgan fingerprint density at radius 3 is 2.44 bits per heavy atom. The number of benzene rings is 2. The number of hydrogen-bond donors (Lipinski definition) is 1. The van der Waals surface area contributed by atoms with Crippen LogP contribution in [0.25, 0.3) is 11.3 Å². The summed E-state index contributed by atoms with van der Waals surface area (Å²) in [5.74, 6) is 0.977. The van der Waals surface area contributed by atoms with Crippen molar-refractivity contribution in [3.05, 3.63) is 66.4 Å². The van der Waals surface area contributed by atoms with Gasteiger partial charge in [0, 0.05) is 5.56 Å². The van der Waals surface area contributed by atoms with Crippen LogP contribution in [0.15, 0.2) is 60.7 Å². The van der Waals surface area contributed by atoms with Crippen LogP contribution in [0.4, 0.5) is 0 Å². The van der Waals surface area contributed by atoms with Crippen LogP contribution < -0.4 is 9.47 Å². The molecular formula is C19H18N2O4. The second kappa shape index (κ2) is 8.01. The molecule has 0 spiro atoms. The summed E-state index contributed by atoms with van der Waals surface area (Å²) in [5.41, 5.74) is 1.94. The molecule has 3 aromatic rings. The van der Waals surface area contributed by atoms with Crippen molar-refractivity contribution in [2.24, 2.45) is 0 Å². The van der Waals surface area contributed by atoms with Crippen LogP contribution in [-0.4, -0.2) is 36.5 Å². The van der Waals surface area contributed by atoms with Gasteiger partial charge < -0.3 is 14.2 Å². The predicted octanol–water partition coefficient (Wildman–Crippen LogP) is 3.32. The van der Waals surface area contributed by atoms with Gasteiger partial charge in [0.25, 0.3) is 0 Å². The molecule has 0 saturated heterocycles. The zero-order valence-electron chi connectivity index (χ0n) is 13.8. The number of nitrogens with zero attached hydrogens (tertiary/aromatic N) is 1. The van der Waals surface area contributed by atoms with E-state index >= 15 is 0 Å². The highest BCUT2D eigenvalue weighted by atomic mass is 16.6. The Bertz CT molecular complexity index is 813. The van der Waals surface area contributed by atoms with Gasteiger partial charge in [0.1, 0.15) is 30.4 Å². The van der Waals surface area contributed by atoms with Gasteiger partial charge in [0.15, 0.2) is 0 Å². The Morgan fingerprint density at radius 1 is 1.00 bits per heavy atom. The van der Waals surface area contributed by atoms with Crippen LogP contribution in [0.2, 0.25) is 0 Å². The summed E-state index contributed by atoms with van der Waals surface area (Å²) in [6, 6.07) is 18.5. The summed E-state index contributed by atoms with van der Waals surface area (Å²) in [6.07, 6.45) is 0. The van der Waals surface area contributed by atoms with E-state index in [1.165, 1.54) is 0 Å². The van der Waals surface area contributed by atoms with E-state index in [4.69, 9.17) is 14.2 Å². The first-order valence-corrected chi connectivity index (χ1v) is 7.81. The Balaban J connectivity index is 1.47. The van der Waals surface area contributed by atoms with Gasteiger partial charge in [-0.2, -0.15) is 5.10 Å². The van der Waals surface area contributed by atoms with Crippen LogP contribution >= 0.6 is 0 Å². The van der Waals surface area contributed by atoms with E-state index in [0.717, 1.165) is 11.3 Å². The Kier molecular flexibility index (Phi) is 5.31. The number of nitrogens with one attached hydrogen (secondary N) is 1. The van der Waals surface area contributed by atoms with Crippen molar-refractivity contribution in [3.8, 4) is 22.8 Å². The Labute approximate surface area is 145 Å². The van der Waals surface area contributed by atoms with Gasteiger partial charge in [-0.1, -0.05) is 30.3 Å². The van der Waals surface area contributed by atoms with Gasteiger partial charge in [-0.25, -0.2) is 4.79 Å². The molecule has 0 bridgehead atoms. The number of H-pyrrole nitrogens is 1. The number of rotatable bonds is 7. The highest BCUT2D eigenvalue weighted by Crippen LogP contribution is 2.18. The molecule has 1 aromatic heterocycles. The van der Waals surface area contributed by atoms with Crippen molar-refractivity contribution in [1.29, 1.82) is 0 Å². The third kappa shape index (κ3) is 4.38. The molecular weight excluding hydrogens is 320 g/mol. The first kappa shape index (κ1) is 16.6. The maximum absolute atomic E-state index is 12.0. The highest BCUT2D eigenvalue weighted by Gasteiger charge is 2.12. The molecule has 0 aliphatic carbocycles. The molecule has 1 N–H and O–H groups in total. The van der Waals surface area contributed by atoms with Crippen molar-refractivity contribution in [2.45, 2.75) is 0 Å². The van der Waals surface area contributed by atoms with E-state index in [2.05, 4.69) is 10.2 Å². The largest absolute Gasteiger partial charge is 0.497 e. The fourth-order valence-corrected chi connectivity index (χ4v) is 2.23. The lowest BCUT2D eigenvalue weighted by Gasteiger charge is -2.07. The minimum atomic E-state index is -0.465. The third-order valence-electron chi connectivity index (χ3n) is 3.51. The minimum absolute atomic E-state index is 0.143. The first-order valence-electron chi connectivity index (χ1n) is 7.81. The summed E-state index contributed by atoms with van der Waals surface area (Å²) >= 11 is 0. The molecule has 0 radical (unpaired) electrons. The van der Waals surface area contributed by atoms with Crippen molar-refractivity contribution in [2.75, 3.05) is 20.3 Å². The normalized spacial score (nSPS) is 10.3. The molecule has 0 aliphatic rings. The van der Waals surface area contributed by atoms with E-state index in [1.807, 2.05) is 30.3 Å². The number of methoxy groups -OCH3 is 1. The summed E-state index contributed by atoms with van der Waals surface area (Å²) in [5, 5.41) is 6.83. The molecule has 1 heterocycles. The molecule has 0 unspecified atom stereocenters. The molecule has 0 saturated carbocycles. The lowest BCUT2D eigenvalue weighted by molar-refractivity contribution is 0.0443. The van der Waals surface area contributed by atoms with Crippen LogP contribution in [0.3, 0.4) is 0 Å². The summed E-state index contributed by atoms with van der Waals surface area (Å²) < 4.78 is 15.8. The van der Waals surface area contributed by atoms with Crippen LogP contribution in [0.1, 0.15) is 10.5 Å². The number of aromatic amines is 1. The van der Waals surface area contributed by atoms with Crippen molar-refractivity contribution in [3.63, 3.8) is 0 Å². The second-order valence-electron chi connectivity index (χ2n) is 5.19. The summed E-state index contributed by atoms with van der Waals surface area (Å²) in [4.78, 5) is 12.0. The van der Waals surface area contributed by atoms with Crippen molar-refractivity contribution >= 4 is 5.97 Å². The van der Waals surface area contributed by atoms with Gasteiger partial charge in [-0.3, -0.25) is 5.10 Å². The van der Waals surface area contributed by atoms with Crippen LogP contribution in [0.5, 0.6) is 11.5 Å². The molecule has 3 rings (SSSR count). The lowest BCUT2D eigenvalue weighted by Crippen LogP contribution is -2.12. The number of carbonyl (C=O) groups is 1. The highest BCUT2D eigenvalue weighted by molar-refractivity contribution is 5.88. The molecule has 6 nitrogen and oxygen atoms in total. The molecule has 2 aromatic carbocycles. The number of esters is 1. The van der Waals surface area contributed by atoms with E-state index in [-0.39, 0.29) is 13.2 Å². The average Bonchev–Trinajstić information content (AvgIpc) is 3.16. The number of ether oxygens (including phenoxy) is 3. The SMILES string of the molecule is COc1ccc(OCCOC(=O)c2cc(-c3ccccc3)n[nH]2)cc1. The Hall–Kier alpha value is -3.28. The first-order chi connectivity index (χ1) is 12.3. The number of hydrogen-bond acceptors (Lipinski definition) is 5. The van der Waals surface area contributed by atoms with Gasteiger partial charge in [-0.15, -0.1) is 0 Å². The van der Waals surface area contributed by atoms with Gasteiger partial charge in [0.05, 0.1) is 12.8 Å². The molecule has 6 heteroatoms. The van der Waals surface area contributed by atoms with E-state index in [1.54, 1.807) is 37.4 Å². The molecule has 128 valence electrons. The van der Waals surface area contributed by atoms with Crippen molar-refractivity contribution < 1.29 is 19.0 Å². The van der Waals surface area contributed by atoms with E-state index < -0.39 is 5.97 Å². The maximum atomic E-state index is 12.0. The van der Waals surface area contributed by atoms with Crippen LogP contribution in [-0.2, 0) is 4.74 Å². The number of carbonyl (C=O) groups excluding carboxylic acids is 1. The van der Waals surface area contributed by atoms with E-state index in [9.17, 15) is 4.79 Å². The van der Waals surface area contributed by atoms with Crippen molar-refractivity contribution in [1.82, 2.24) is 10.2 Å². The smallest absolute Gasteiger partial charge is 0.356 e. The maximum Gasteiger partial charge on any atom is 0.356 e. The number of aromatic nitrogens is 2. The monoisotopic (exact) mass is 338 g/mol. The van der Waals surface area contributed by atoms with E-state index in [0.29, 0.717) is 17.1 Å². The fourth-order valence-electron chi connectivity index (χ4n) is 2.23. The summed E-state index contributed by atoms with van der Waals surface area (Å²) in [6.45, 7) is 0.405. The minimum Gasteiger partial charge on any atom is -0.497 e. The second-order valence-corrected chi connectivity index (χ2v) is 5.19. The quantitative estimate of drug-likeness (QED) is 0.528. The molecule has 0 fully saturated rings. The lowest BCUT2D eigenvalue weighted by atomic mass is 10.1. The van der Waals surface area contributed by atoms with Gasteiger partial charge in [0.2, 0.25) is 0 Å². The van der Waals surface area contributed by atoms with Gasteiger partial charge in [-0.05, 0) is 30.3 Å².